The quantitative estimate of drug-likeness (QED) is 0.494. The van der Waals surface area contributed by atoms with Crippen LogP contribution in [-0.4, -0.2) is 46.4 Å². The van der Waals surface area contributed by atoms with E-state index in [2.05, 4.69) is 5.32 Å². The van der Waals surface area contributed by atoms with Crippen molar-refractivity contribution in [1.82, 2.24) is 10.2 Å². The molecule has 1 fully saturated rings. The molecule has 1 aliphatic heterocycles. The van der Waals surface area contributed by atoms with Gasteiger partial charge in [0.15, 0.2) is 0 Å². The lowest BCUT2D eigenvalue weighted by atomic mass is 9.99. The molecule has 0 spiro atoms. The van der Waals surface area contributed by atoms with Crippen molar-refractivity contribution in [1.29, 1.82) is 0 Å². The molecule has 0 atom stereocenters. The molecule has 88 valence electrons. The number of nitrogens with one attached hydrogen (secondary N) is 1. The van der Waals surface area contributed by atoms with Crippen molar-refractivity contribution in [2.45, 2.75) is 19.4 Å². The van der Waals surface area contributed by atoms with E-state index in [0.717, 1.165) is 6.08 Å². The van der Waals surface area contributed by atoms with E-state index in [-0.39, 0.29) is 24.9 Å². The number of amides is 2. The van der Waals surface area contributed by atoms with Crippen LogP contribution in [0.5, 0.6) is 0 Å². The number of hydrogen-bond donors (Lipinski definition) is 2. The summed E-state index contributed by atoms with van der Waals surface area (Å²) in [5.41, 5.74) is -0.809. The minimum Gasteiger partial charge on any atom is -0.478 e. The minimum absolute atomic E-state index is 0.0860. The predicted molar refractivity (Wildman–Crippen MR) is 55.6 cm³/mol. The maximum atomic E-state index is 11.5. The van der Waals surface area contributed by atoms with Crippen molar-refractivity contribution in [3.63, 3.8) is 0 Å². The van der Waals surface area contributed by atoms with Crippen molar-refractivity contribution in [3.05, 3.63) is 12.2 Å². The number of piperazine rings is 1. The van der Waals surface area contributed by atoms with Crippen molar-refractivity contribution < 1.29 is 19.5 Å². The molecule has 0 saturated carbocycles. The molecule has 1 rings (SSSR count). The van der Waals surface area contributed by atoms with Crippen LogP contribution in [0, 0.1) is 0 Å². The summed E-state index contributed by atoms with van der Waals surface area (Å²) >= 11 is 0. The standard InChI is InChI=1S/C10H14N2O4/c1-10(2)9(16)11-7(13)6-12(10)5-3-4-8(14)15/h3-4H,5-6H2,1-2H3,(H,14,15)(H,11,13,16). The van der Waals surface area contributed by atoms with Crippen molar-refractivity contribution >= 4 is 17.8 Å². The molecular weight excluding hydrogens is 212 g/mol. The molecule has 6 nitrogen and oxygen atoms in total. The highest BCUT2D eigenvalue weighted by Gasteiger charge is 2.39. The molecule has 0 aromatic carbocycles. The molecule has 1 saturated heterocycles. The molecule has 0 unspecified atom stereocenters. The van der Waals surface area contributed by atoms with Crippen LogP contribution < -0.4 is 5.32 Å². The van der Waals surface area contributed by atoms with E-state index in [1.54, 1.807) is 18.7 Å². The predicted octanol–water partition coefficient (Wildman–Crippen LogP) is -0.636. The van der Waals surface area contributed by atoms with Crippen molar-refractivity contribution in [3.8, 4) is 0 Å². The zero-order valence-electron chi connectivity index (χ0n) is 9.19. The van der Waals surface area contributed by atoms with Gasteiger partial charge >= 0.3 is 5.97 Å². The third-order valence-electron chi connectivity index (χ3n) is 2.52. The number of hydrogen-bond acceptors (Lipinski definition) is 4. The van der Waals surface area contributed by atoms with Gasteiger partial charge in [0.25, 0.3) is 0 Å². The molecule has 0 aliphatic carbocycles. The monoisotopic (exact) mass is 226 g/mol. The highest BCUT2D eigenvalue weighted by atomic mass is 16.4. The second-order valence-corrected chi connectivity index (χ2v) is 4.06. The number of carboxylic acids is 1. The summed E-state index contributed by atoms with van der Waals surface area (Å²) in [7, 11) is 0. The summed E-state index contributed by atoms with van der Waals surface area (Å²) < 4.78 is 0. The largest absolute Gasteiger partial charge is 0.478 e. The van der Waals surface area contributed by atoms with Gasteiger partial charge in [0.2, 0.25) is 11.8 Å². The number of carbonyl (C=O) groups excluding carboxylic acids is 2. The summed E-state index contributed by atoms with van der Waals surface area (Å²) in [5, 5.41) is 10.7. The van der Waals surface area contributed by atoms with E-state index in [1.807, 2.05) is 0 Å². The number of imide groups is 1. The molecule has 6 heteroatoms. The number of nitrogens with zero attached hydrogens (tertiary/aromatic N) is 1. The topological polar surface area (TPSA) is 86.7 Å². The Bertz CT molecular complexity index is 360. The fraction of sp³-hybridized carbons (Fsp3) is 0.500. The second kappa shape index (κ2) is 4.44. The van der Waals surface area contributed by atoms with E-state index >= 15 is 0 Å². The molecule has 0 radical (unpaired) electrons. The summed E-state index contributed by atoms with van der Waals surface area (Å²) in [6.07, 6.45) is 2.41. The van der Waals surface area contributed by atoms with Gasteiger partial charge in [-0.25, -0.2) is 4.79 Å². The Morgan fingerprint density at radius 2 is 2.19 bits per heavy atom. The maximum Gasteiger partial charge on any atom is 0.328 e. The van der Waals surface area contributed by atoms with Gasteiger partial charge in [-0.2, -0.15) is 0 Å². The highest BCUT2D eigenvalue weighted by Crippen LogP contribution is 2.17. The van der Waals surface area contributed by atoms with Gasteiger partial charge in [-0.15, -0.1) is 0 Å². The zero-order valence-corrected chi connectivity index (χ0v) is 9.19. The van der Waals surface area contributed by atoms with Gasteiger partial charge in [0.1, 0.15) is 0 Å². The number of carbonyl (C=O) groups is 3. The first-order valence-electron chi connectivity index (χ1n) is 4.83. The minimum atomic E-state index is -1.05. The zero-order chi connectivity index (χ0) is 12.3. The number of aliphatic carboxylic acids is 1. The summed E-state index contributed by atoms with van der Waals surface area (Å²) in [6, 6.07) is 0. The van der Waals surface area contributed by atoms with E-state index in [0.29, 0.717) is 0 Å². The summed E-state index contributed by atoms with van der Waals surface area (Å²) in [5.74, 6) is -1.79. The first-order chi connectivity index (χ1) is 7.34. The first kappa shape index (κ1) is 12.4. The van der Waals surface area contributed by atoms with E-state index in [9.17, 15) is 14.4 Å². The fourth-order valence-corrected chi connectivity index (χ4v) is 1.41. The van der Waals surface area contributed by atoms with Gasteiger partial charge in [-0.3, -0.25) is 19.8 Å². The van der Waals surface area contributed by atoms with E-state index in [1.165, 1.54) is 6.08 Å². The Kier molecular flexibility index (Phi) is 3.44. The highest BCUT2D eigenvalue weighted by molar-refractivity contribution is 6.02. The molecule has 0 bridgehead atoms. The van der Waals surface area contributed by atoms with Gasteiger partial charge in [0.05, 0.1) is 12.1 Å². The molecular formula is C10H14N2O4. The molecule has 2 N–H and O–H groups in total. The first-order valence-corrected chi connectivity index (χ1v) is 4.83. The Hall–Kier alpha value is -1.69. The van der Waals surface area contributed by atoms with Crippen LogP contribution in [0.2, 0.25) is 0 Å². The lowest BCUT2D eigenvalue weighted by Gasteiger charge is -2.39. The van der Waals surface area contributed by atoms with Crippen molar-refractivity contribution in [2.24, 2.45) is 0 Å². The average molecular weight is 226 g/mol. The SMILES string of the molecule is CC1(C)C(=O)NC(=O)CN1CC=CC(=O)O. The lowest BCUT2D eigenvalue weighted by Crippen LogP contribution is -2.63. The third kappa shape index (κ3) is 2.66. The van der Waals surface area contributed by atoms with Crippen LogP contribution >= 0.6 is 0 Å². The number of rotatable bonds is 3. The molecule has 0 aromatic heterocycles. The Balaban J connectivity index is 2.73. The molecule has 0 aromatic rings. The van der Waals surface area contributed by atoms with Crippen LogP contribution in [0.25, 0.3) is 0 Å². The van der Waals surface area contributed by atoms with Gasteiger partial charge < -0.3 is 5.11 Å². The average Bonchev–Trinajstić information content (AvgIpc) is 2.13. The van der Waals surface area contributed by atoms with E-state index < -0.39 is 11.5 Å². The summed E-state index contributed by atoms with van der Waals surface area (Å²) in [4.78, 5) is 34.6. The van der Waals surface area contributed by atoms with Crippen LogP contribution in [-0.2, 0) is 14.4 Å². The maximum absolute atomic E-state index is 11.5. The second-order valence-electron chi connectivity index (χ2n) is 4.06. The lowest BCUT2D eigenvalue weighted by molar-refractivity contribution is -0.144. The van der Waals surface area contributed by atoms with Crippen LogP contribution in [0.3, 0.4) is 0 Å². The molecule has 1 heterocycles. The van der Waals surface area contributed by atoms with E-state index in [4.69, 9.17) is 5.11 Å². The fourth-order valence-electron chi connectivity index (χ4n) is 1.41. The smallest absolute Gasteiger partial charge is 0.328 e. The van der Waals surface area contributed by atoms with Gasteiger partial charge in [0, 0.05) is 12.6 Å². The molecule has 2 amide bonds. The van der Waals surface area contributed by atoms with Crippen LogP contribution in [0.4, 0.5) is 0 Å². The Labute approximate surface area is 92.9 Å². The van der Waals surface area contributed by atoms with Crippen LogP contribution in [0.15, 0.2) is 12.2 Å². The number of carboxylic acid groups (broad SMARTS) is 1. The normalized spacial score (nSPS) is 21.1. The summed E-state index contributed by atoms with van der Waals surface area (Å²) in [6.45, 7) is 3.70. The molecule has 1 aliphatic rings. The van der Waals surface area contributed by atoms with Crippen molar-refractivity contribution in [2.75, 3.05) is 13.1 Å². The van der Waals surface area contributed by atoms with Crippen LogP contribution in [0.1, 0.15) is 13.8 Å². The third-order valence-corrected chi connectivity index (χ3v) is 2.52. The Morgan fingerprint density at radius 1 is 1.56 bits per heavy atom. The van der Waals surface area contributed by atoms with Gasteiger partial charge in [-0.05, 0) is 13.8 Å². The molecule has 16 heavy (non-hydrogen) atoms. The Morgan fingerprint density at radius 3 is 2.75 bits per heavy atom. The van der Waals surface area contributed by atoms with Gasteiger partial charge in [-0.1, -0.05) is 6.08 Å².